The number of hydrogen-bond donors (Lipinski definition) is 3. The van der Waals surface area contributed by atoms with E-state index in [0.717, 1.165) is 16.9 Å². The number of aromatic carboxylic acids is 1. The molecule has 3 N–H and O–H groups in total. The first-order valence-electron chi connectivity index (χ1n) is 7.53. The summed E-state index contributed by atoms with van der Waals surface area (Å²) < 4.78 is 31.4. The van der Waals surface area contributed by atoms with Gasteiger partial charge in [-0.15, -0.1) is 11.3 Å². The predicted octanol–water partition coefficient (Wildman–Crippen LogP) is 1.09. The number of thiophene rings is 1. The van der Waals surface area contributed by atoms with E-state index in [9.17, 15) is 18.0 Å². The Morgan fingerprint density at radius 1 is 1.27 bits per heavy atom. The van der Waals surface area contributed by atoms with Crippen LogP contribution in [0.15, 0.2) is 39.9 Å². The zero-order valence-electron chi connectivity index (χ0n) is 13.9. The molecule has 0 aliphatic carbocycles. The summed E-state index contributed by atoms with van der Waals surface area (Å²) in [5.74, 6) is -1.11. The minimum atomic E-state index is -3.68. The van der Waals surface area contributed by atoms with Crippen LogP contribution in [0.3, 0.4) is 0 Å². The lowest BCUT2D eigenvalue weighted by atomic mass is 10.1. The van der Waals surface area contributed by atoms with Crippen LogP contribution >= 0.6 is 11.3 Å². The molecule has 0 aliphatic rings. The van der Waals surface area contributed by atoms with Crippen molar-refractivity contribution in [3.8, 4) is 5.75 Å². The molecule has 0 aliphatic heterocycles. The number of hydrogen-bond acceptors (Lipinski definition) is 6. The Hall–Kier alpha value is -2.43. The van der Waals surface area contributed by atoms with Crippen LogP contribution in [-0.2, 0) is 21.2 Å². The number of benzene rings is 1. The number of carbonyl (C=O) groups excluding carboxylic acids is 1. The second-order valence-electron chi connectivity index (χ2n) is 5.19. The van der Waals surface area contributed by atoms with Crippen LogP contribution in [0.4, 0.5) is 0 Å². The zero-order chi connectivity index (χ0) is 19.2. The molecule has 2 rings (SSSR count). The van der Waals surface area contributed by atoms with E-state index in [2.05, 4.69) is 10.0 Å². The molecule has 1 heterocycles. The molecule has 0 atom stereocenters. The maximum Gasteiger partial charge on any atom is 0.335 e. The molecule has 140 valence electrons. The molecule has 1 aromatic carbocycles. The third kappa shape index (κ3) is 5.28. The highest BCUT2D eigenvalue weighted by Gasteiger charge is 2.16. The predicted molar refractivity (Wildman–Crippen MR) is 96.2 cm³/mol. The Morgan fingerprint density at radius 2 is 2.04 bits per heavy atom. The van der Waals surface area contributed by atoms with Gasteiger partial charge in [-0.2, -0.15) is 0 Å². The van der Waals surface area contributed by atoms with Crippen LogP contribution in [0.25, 0.3) is 0 Å². The van der Waals surface area contributed by atoms with Crippen LogP contribution in [0, 0.1) is 0 Å². The van der Waals surface area contributed by atoms with Gasteiger partial charge in [0.15, 0.2) is 0 Å². The third-order valence-corrected chi connectivity index (χ3v) is 6.23. The van der Waals surface area contributed by atoms with Crippen molar-refractivity contribution >= 4 is 33.2 Å². The first-order valence-corrected chi connectivity index (χ1v) is 9.90. The average Bonchev–Trinajstić information content (AvgIpc) is 3.15. The van der Waals surface area contributed by atoms with Crippen molar-refractivity contribution in [1.82, 2.24) is 10.0 Å². The van der Waals surface area contributed by atoms with E-state index >= 15 is 0 Å². The summed E-state index contributed by atoms with van der Waals surface area (Å²) in [6, 6.07) is 7.56. The lowest BCUT2D eigenvalue weighted by molar-refractivity contribution is -0.119. The first-order chi connectivity index (χ1) is 12.3. The number of carboxylic acid groups (broad SMARTS) is 1. The Balaban J connectivity index is 1.84. The normalized spacial score (nSPS) is 11.1. The number of sulfonamides is 1. The van der Waals surface area contributed by atoms with E-state index < -0.39 is 21.9 Å². The smallest absolute Gasteiger partial charge is 0.335 e. The van der Waals surface area contributed by atoms with E-state index in [0.29, 0.717) is 12.2 Å². The van der Waals surface area contributed by atoms with Gasteiger partial charge in [0.1, 0.15) is 9.96 Å². The van der Waals surface area contributed by atoms with Crippen molar-refractivity contribution < 1.29 is 27.9 Å². The van der Waals surface area contributed by atoms with Gasteiger partial charge < -0.3 is 15.2 Å². The highest BCUT2D eigenvalue weighted by atomic mass is 32.2. The Kier molecular flexibility index (Phi) is 6.72. The standard InChI is InChI=1S/C16H18N2O6S2/c1-24-13-9-12(16(20)21)5-4-11(13)6-7-17-14(19)10-18-26(22,23)15-3-2-8-25-15/h2-5,8-9,18H,6-7,10H2,1H3,(H,17,19)(H,20,21). The molecule has 0 spiro atoms. The molecule has 26 heavy (non-hydrogen) atoms. The Labute approximate surface area is 154 Å². The summed E-state index contributed by atoms with van der Waals surface area (Å²) in [5.41, 5.74) is 0.842. The summed E-state index contributed by atoms with van der Waals surface area (Å²) in [6.07, 6.45) is 0.409. The molecular formula is C16H18N2O6S2. The SMILES string of the molecule is COc1cc(C(=O)O)ccc1CCNC(=O)CNS(=O)(=O)c1cccs1. The van der Waals surface area contributed by atoms with Gasteiger partial charge in [0.05, 0.1) is 19.2 Å². The van der Waals surface area contributed by atoms with Crippen molar-refractivity contribution in [2.75, 3.05) is 20.2 Å². The fourth-order valence-electron chi connectivity index (χ4n) is 2.13. The van der Waals surface area contributed by atoms with Crippen molar-refractivity contribution in [2.45, 2.75) is 10.6 Å². The fourth-order valence-corrected chi connectivity index (χ4v) is 4.15. The summed E-state index contributed by atoms with van der Waals surface area (Å²) in [5, 5.41) is 13.2. The second kappa shape index (κ2) is 8.79. The van der Waals surface area contributed by atoms with Crippen molar-refractivity contribution in [2.24, 2.45) is 0 Å². The van der Waals surface area contributed by atoms with E-state index in [4.69, 9.17) is 9.84 Å². The molecule has 1 amide bonds. The number of ether oxygens (including phenoxy) is 1. The van der Waals surface area contributed by atoms with Gasteiger partial charge in [-0.05, 0) is 35.6 Å². The summed E-state index contributed by atoms with van der Waals surface area (Å²) >= 11 is 1.07. The Bertz CT molecular complexity index is 878. The van der Waals surface area contributed by atoms with Crippen LogP contribution in [-0.4, -0.2) is 45.6 Å². The van der Waals surface area contributed by atoms with Gasteiger partial charge in [-0.25, -0.2) is 17.9 Å². The highest BCUT2D eigenvalue weighted by Crippen LogP contribution is 2.20. The summed E-state index contributed by atoms with van der Waals surface area (Å²) in [6.45, 7) is -0.113. The topological polar surface area (TPSA) is 122 Å². The second-order valence-corrected chi connectivity index (χ2v) is 8.13. The van der Waals surface area contributed by atoms with Gasteiger partial charge in [0.2, 0.25) is 5.91 Å². The molecule has 1 aromatic heterocycles. The van der Waals surface area contributed by atoms with Crippen LogP contribution in [0.5, 0.6) is 5.75 Å². The molecular weight excluding hydrogens is 380 g/mol. The summed E-state index contributed by atoms with van der Waals surface area (Å²) in [7, 11) is -2.25. The number of methoxy groups -OCH3 is 1. The van der Waals surface area contributed by atoms with E-state index in [1.807, 2.05) is 0 Å². The first kappa shape index (κ1) is 19.9. The van der Waals surface area contributed by atoms with Crippen molar-refractivity contribution in [3.63, 3.8) is 0 Å². The van der Waals surface area contributed by atoms with Gasteiger partial charge >= 0.3 is 5.97 Å². The fraction of sp³-hybridized carbons (Fsp3) is 0.250. The van der Waals surface area contributed by atoms with Gasteiger partial charge in [0, 0.05) is 6.54 Å². The zero-order valence-corrected chi connectivity index (χ0v) is 15.5. The van der Waals surface area contributed by atoms with Crippen molar-refractivity contribution in [1.29, 1.82) is 0 Å². The number of rotatable bonds is 9. The van der Waals surface area contributed by atoms with Gasteiger partial charge in [-0.1, -0.05) is 12.1 Å². The molecule has 0 unspecified atom stereocenters. The molecule has 8 nitrogen and oxygen atoms in total. The molecule has 0 radical (unpaired) electrons. The van der Waals surface area contributed by atoms with Crippen molar-refractivity contribution in [3.05, 3.63) is 46.8 Å². The molecule has 0 saturated carbocycles. The van der Waals surface area contributed by atoms with E-state index in [1.165, 1.54) is 25.3 Å². The van der Waals surface area contributed by atoms with Crippen LogP contribution in [0.2, 0.25) is 0 Å². The number of nitrogens with one attached hydrogen (secondary N) is 2. The van der Waals surface area contributed by atoms with Gasteiger partial charge in [-0.3, -0.25) is 4.79 Å². The van der Waals surface area contributed by atoms with E-state index in [1.54, 1.807) is 17.5 Å². The molecule has 0 saturated heterocycles. The summed E-state index contributed by atoms with van der Waals surface area (Å²) in [4.78, 5) is 22.8. The number of carbonyl (C=O) groups is 2. The lowest BCUT2D eigenvalue weighted by Crippen LogP contribution is -2.37. The minimum absolute atomic E-state index is 0.109. The highest BCUT2D eigenvalue weighted by molar-refractivity contribution is 7.91. The largest absolute Gasteiger partial charge is 0.496 e. The maximum atomic E-state index is 11.9. The number of amides is 1. The minimum Gasteiger partial charge on any atom is -0.496 e. The third-order valence-electron chi connectivity index (χ3n) is 3.43. The van der Waals surface area contributed by atoms with Crippen LogP contribution < -0.4 is 14.8 Å². The Morgan fingerprint density at radius 3 is 2.65 bits per heavy atom. The van der Waals surface area contributed by atoms with Gasteiger partial charge in [0.25, 0.3) is 10.0 Å². The monoisotopic (exact) mass is 398 g/mol. The molecule has 2 aromatic rings. The molecule has 0 fully saturated rings. The molecule has 10 heteroatoms. The lowest BCUT2D eigenvalue weighted by Gasteiger charge is -2.10. The quantitative estimate of drug-likeness (QED) is 0.581. The van der Waals surface area contributed by atoms with E-state index in [-0.39, 0.29) is 22.9 Å². The maximum absolute atomic E-state index is 11.9. The molecule has 0 bridgehead atoms. The van der Waals surface area contributed by atoms with Crippen LogP contribution in [0.1, 0.15) is 15.9 Å². The number of carboxylic acids is 1. The average molecular weight is 398 g/mol.